The maximum atomic E-state index is 14.2. The first kappa shape index (κ1) is 33.3. The highest BCUT2D eigenvalue weighted by atomic mass is 16.6. The molecule has 224 valence electrons. The second-order valence-corrected chi connectivity index (χ2v) is 11.5. The van der Waals surface area contributed by atoms with E-state index in [0.717, 1.165) is 36.0 Å². The summed E-state index contributed by atoms with van der Waals surface area (Å²) in [6.45, 7) is 13.1. The lowest BCUT2D eigenvalue weighted by atomic mass is 9.96. The first-order chi connectivity index (χ1) is 19.2. The SMILES string of the molecule is CCCCCCN(C(=O)C(CC(N)=O)NC(=O)OC(C)(C)C)C(C(=O)Nc1c(C)cccc1C)c1ccccc1C. The predicted molar refractivity (Wildman–Crippen MR) is 161 cm³/mol. The van der Waals surface area contributed by atoms with Crippen molar-refractivity contribution < 1.29 is 23.9 Å². The van der Waals surface area contributed by atoms with Crippen molar-refractivity contribution in [2.75, 3.05) is 11.9 Å². The lowest BCUT2D eigenvalue weighted by Gasteiger charge is -2.35. The Balaban J connectivity index is 2.60. The van der Waals surface area contributed by atoms with Crippen molar-refractivity contribution in [1.29, 1.82) is 0 Å². The van der Waals surface area contributed by atoms with Crippen molar-refractivity contribution >= 4 is 29.5 Å². The van der Waals surface area contributed by atoms with E-state index in [4.69, 9.17) is 10.5 Å². The zero-order valence-electron chi connectivity index (χ0n) is 25.5. The fourth-order valence-electron chi connectivity index (χ4n) is 4.67. The number of hydrogen-bond donors (Lipinski definition) is 3. The number of alkyl carbamates (subject to hydrolysis) is 1. The van der Waals surface area contributed by atoms with E-state index in [2.05, 4.69) is 17.6 Å². The highest BCUT2D eigenvalue weighted by Crippen LogP contribution is 2.29. The van der Waals surface area contributed by atoms with Gasteiger partial charge in [-0.1, -0.05) is 68.7 Å². The predicted octanol–water partition coefficient (Wildman–Crippen LogP) is 5.47. The number of nitrogens with zero attached hydrogens (tertiary/aromatic N) is 1. The molecule has 0 aliphatic rings. The van der Waals surface area contributed by atoms with Crippen LogP contribution in [0.25, 0.3) is 0 Å². The lowest BCUT2D eigenvalue weighted by molar-refractivity contribution is -0.142. The molecule has 2 atom stereocenters. The van der Waals surface area contributed by atoms with Crippen molar-refractivity contribution in [3.63, 3.8) is 0 Å². The topological polar surface area (TPSA) is 131 Å². The van der Waals surface area contributed by atoms with Gasteiger partial charge in [-0.3, -0.25) is 14.4 Å². The largest absolute Gasteiger partial charge is 0.444 e. The number of carbonyl (C=O) groups is 4. The molecule has 4 N–H and O–H groups in total. The van der Waals surface area contributed by atoms with Crippen molar-refractivity contribution in [1.82, 2.24) is 10.2 Å². The van der Waals surface area contributed by atoms with Gasteiger partial charge in [0.15, 0.2) is 0 Å². The van der Waals surface area contributed by atoms with Gasteiger partial charge in [-0.05, 0) is 70.2 Å². The van der Waals surface area contributed by atoms with Gasteiger partial charge in [-0.2, -0.15) is 0 Å². The summed E-state index contributed by atoms with van der Waals surface area (Å²) in [4.78, 5) is 54.6. The van der Waals surface area contributed by atoms with Crippen LogP contribution in [0.5, 0.6) is 0 Å². The van der Waals surface area contributed by atoms with Crippen LogP contribution in [-0.2, 0) is 19.1 Å². The molecule has 0 aliphatic heterocycles. The normalized spacial score (nSPS) is 12.7. The molecule has 0 radical (unpaired) electrons. The second-order valence-electron chi connectivity index (χ2n) is 11.5. The van der Waals surface area contributed by atoms with Gasteiger partial charge < -0.3 is 26.0 Å². The van der Waals surface area contributed by atoms with Gasteiger partial charge in [0.1, 0.15) is 17.7 Å². The zero-order chi connectivity index (χ0) is 30.7. The molecule has 0 bridgehead atoms. The number of carbonyl (C=O) groups excluding carboxylic acids is 4. The van der Waals surface area contributed by atoms with Crippen molar-refractivity contribution in [2.45, 2.75) is 98.3 Å². The first-order valence-corrected chi connectivity index (χ1v) is 14.3. The van der Waals surface area contributed by atoms with E-state index in [1.54, 1.807) is 20.8 Å². The molecule has 0 saturated carbocycles. The number of nitrogens with two attached hydrogens (primary N) is 1. The number of aryl methyl sites for hydroxylation is 3. The summed E-state index contributed by atoms with van der Waals surface area (Å²) >= 11 is 0. The van der Waals surface area contributed by atoms with E-state index in [0.29, 0.717) is 17.7 Å². The molecule has 9 nitrogen and oxygen atoms in total. The van der Waals surface area contributed by atoms with E-state index in [-0.39, 0.29) is 6.54 Å². The quantitative estimate of drug-likeness (QED) is 0.277. The minimum absolute atomic E-state index is 0.239. The number of primary amides is 1. The molecule has 2 aromatic rings. The molecule has 41 heavy (non-hydrogen) atoms. The Bertz CT molecular complexity index is 1200. The fraction of sp³-hybridized carbons (Fsp3) is 0.500. The van der Waals surface area contributed by atoms with Gasteiger partial charge in [0, 0.05) is 12.2 Å². The third-order valence-electron chi connectivity index (χ3n) is 6.70. The molecule has 0 spiro atoms. The van der Waals surface area contributed by atoms with E-state index >= 15 is 0 Å². The van der Waals surface area contributed by atoms with Crippen LogP contribution >= 0.6 is 0 Å². The molecule has 0 aromatic heterocycles. The number of rotatable bonds is 13. The standard InChI is InChI=1S/C32H46N4O5/c1-8-9-10-13-19-36(30(39)25(20-26(33)37)34-31(40)41-32(5,6)7)28(24-18-12-11-15-21(24)2)29(38)35-27-22(3)16-14-17-23(27)4/h11-12,14-18,25,28H,8-10,13,19-20H2,1-7H3,(H2,33,37)(H,34,40)(H,35,38). The molecule has 4 amide bonds. The summed E-state index contributed by atoms with van der Waals surface area (Å²) in [6.07, 6.45) is 2.14. The minimum Gasteiger partial charge on any atom is -0.444 e. The summed E-state index contributed by atoms with van der Waals surface area (Å²) in [5.74, 6) is -1.75. The van der Waals surface area contributed by atoms with Crippen LogP contribution < -0.4 is 16.4 Å². The molecule has 0 saturated heterocycles. The van der Waals surface area contributed by atoms with E-state index < -0.39 is 47.9 Å². The molecule has 0 fully saturated rings. The number of unbranched alkanes of at least 4 members (excludes halogenated alkanes) is 3. The number of amides is 4. The Kier molecular flexibility index (Phi) is 12.4. The van der Waals surface area contributed by atoms with Crippen molar-refractivity contribution in [3.05, 3.63) is 64.7 Å². The average molecular weight is 567 g/mol. The Morgan fingerprint density at radius 3 is 2.07 bits per heavy atom. The highest BCUT2D eigenvalue weighted by molar-refractivity contribution is 6.00. The van der Waals surface area contributed by atoms with Gasteiger partial charge in [0.2, 0.25) is 11.8 Å². The number of benzene rings is 2. The Morgan fingerprint density at radius 1 is 0.902 bits per heavy atom. The van der Waals surface area contributed by atoms with E-state index in [1.165, 1.54) is 4.90 Å². The van der Waals surface area contributed by atoms with Crippen LogP contribution in [0.15, 0.2) is 42.5 Å². The Hall–Kier alpha value is -3.88. The molecular weight excluding hydrogens is 520 g/mol. The van der Waals surface area contributed by atoms with Gasteiger partial charge in [-0.15, -0.1) is 0 Å². The van der Waals surface area contributed by atoms with Crippen molar-refractivity contribution in [2.24, 2.45) is 5.73 Å². The Labute approximate surface area is 244 Å². The molecule has 9 heteroatoms. The number of hydrogen-bond acceptors (Lipinski definition) is 5. The van der Waals surface area contributed by atoms with Gasteiger partial charge >= 0.3 is 6.09 Å². The van der Waals surface area contributed by atoms with Crippen LogP contribution in [0.2, 0.25) is 0 Å². The number of anilines is 1. The van der Waals surface area contributed by atoms with Crippen LogP contribution in [0.4, 0.5) is 10.5 Å². The van der Waals surface area contributed by atoms with Gasteiger partial charge in [0.05, 0.1) is 6.42 Å². The summed E-state index contributed by atoms with van der Waals surface area (Å²) in [7, 11) is 0. The third-order valence-corrected chi connectivity index (χ3v) is 6.70. The molecule has 2 rings (SSSR count). The fourth-order valence-corrected chi connectivity index (χ4v) is 4.67. The molecule has 0 aliphatic carbocycles. The van der Waals surface area contributed by atoms with E-state index in [9.17, 15) is 19.2 Å². The van der Waals surface area contributed by atoms with Crippen LogP contribution in [-0.4, -0.2) is 46.9 Å². The number of nitrogens with one attached hydrogen (secondary N) is 2. The van der Waals surface area contributed by atoms with E-state index in [1.807, 2.05) is 63.2 Å². The van der Waals surface area contributed by atoms with Crippen molar-refractivity contribution in [3.8, 4) is 0 Å². The van der Waals surface area contributed by atoms with Crippen LogP contribution in [0, 0.1) is 20.8 Å². The zero-order valence-corrected chi connectivity index (χ0v) is 25.5. The first-order valence-electron chi connectivity index (χ1n) is 14.3. The molecule has 2 unspecified atom stereocenters. The summed E-state index contributed by atoms with van der Waals surface area (Å²) in [5.41, 5.74) is 8.61. The minimum atomic E-state index is -1.31. The average Bonchev–Trinajstić information content (AvgIpc) is 2.86. The number of para-hydroxylation sites is 1. The maximum Gasteiger partial charge on any atom is 0.408 e. The smallest absolute Gasteiger partial charge is 0.408 e. The van der Waals surface area contributed by atoms with Gasteiger partial charge in [0.25, 0.3) is 5.91 Å². The molecular formula is C32H46N4O5. The third kappa shape index (κ3) is 10.2. The lowest BCUT2D eigenvalue weighted by Crippen LogP contribution is -2.53. The summed E-state index contributed by atoms with van der Waals surface area (Å²) in [6, 6.07) is 10.8. The summed E-state index contributed by atoms with van der Waals surface area (Å²) in [5, 5.41) is 5.59. The van der Waals surface area contributed by atoms with Crippen LogP contribution in [0.1, 0.15) is 88.1 Å². The van der Waals surface area contributed by atoms with Gasteiger partial charge in [-0.25, -0.2) is 4.79 Å². The molecule has 0 heterocycles. The Morgan fingerprint density at radius 2 is 1.51 bits per heavy atom. The monoisotopic (exact) mass is 566 g/mol. The number of ether oxygens (including phenoxy) is 1. The highest BCUT2D eigenvalue weighted by Gasteiger charge is 2.37. The summed E-state index contributed by atoms with van der Waals surface area (Å²) < 4.78 is 5.36. The second kappa shape index (κ2) is 15.2. The van der Waals surface area contributed by atoms with Crippen LogP contribution in [0.3, 0.4) is 0 Å². The molecule has 2 aromatic carbocycles. The maximum absolute atomic E-state index is 14.2.